The van der Waals surface area contributed by atoms with Crippen molar-refractivity contribution in [1.82, 2.24) is 9.21 Å². The minimum absolute atomic E-state index is 0.305. The summed E-state index contributed by atoms with van der Waals surface area (Å²) in [6, 6.07) is 7.80. The molecule has 0 aliphatic carbocycles. The maximum atomic E-state index is 13.5. The quantitative estimate of drug-likeness (QED) is 0.704. The van der Waals surface area contributed by atoms with Crippen LogP contribution in [0.3, 0.4) is 0 Å². The average Bonchev–Trinajstić information content (AvgIpc) is 3.03. The van der Waals surface area contributed by atoms with E-state index in [9.17, 15) is 12.8 Å². The van der Waals surface area contributed by atoms with Gasteiger partial charge in [-0.15, -0.1) is 11.3 Å². The molecule has 2 heterocycles. The number of ether oxygens (including phenoxy) is 1. The van der Waals surface area contributed by atoms with Gasteiger partial charge in [-0.25, -0.2) is 12.8 Å². The molecule has 3 rings (SSSR count). The summed E-state index contributed by atoms with van der Waals surface area (Å²) in [7, 11) is -1.89. The Morgan fingerprint density at radius 1 is 1.20 bits per heavy atom. The molecule has 0 radical (unpaired) electrons. The maximum absolute atomic E-state index is 13.5. The highest BCUT2D eigenvalue weighted by Gasteiger charge is 2.29. The molecule has 0 bridgehead atoms. The predicted octanol–water partition coefficient (Wildman–Crippen LogP) is 3.16. The second kappa shape index (κ2) is 7.71. The molecule has 2 aromatic rings. The van der Waals surface area contributed by atoms with Gasteiger partial charge in [-0.3, -0.25) is 4.90 Å². The SMILES string of the molecule is COc1ccc(F)cc1CN1CCN(S(=O)(=O)c2ccc(Br)s2)CC1. The number of hydrogen-bond donors (Lipinski definition) is 0. The summed E-state index contributed by atoms with van der Waals surface area (Å²) in [4.78, 5) is 2.10. The first-order valence-corrected chi connectivity index (χ1v) is 10.8. The van der Waals surface area contributed by atoms with Gasteiger partial charge >= 0.3 is 0 Å². The maximum Gasteiger partial charge on any atom is 0.252 e. The summed E-state index contributed by atoms with van der Waals surface area (Å²) in [5.41, 5.74) is 0.765. The lowest BCUT2D eigenvalue weighted by Crippen LogP contribution is -2.48. The minimum Gasteiger partial charge on any atom is -0.496 e. The molecule has 136 valence electrons. The van der Waals surface area contributed by atoms with Crippen LogP contribution < -0.4 is 4.74 Å². The van der Waals surface area contributed by atoms with Crippen LogP contribution in [0, 0.1) is 5.82 Å². The summed E-state index contributed by atoms with van der Waals surface area (Å²) >= 11 is 4.51. The van der Waals surface area contributed by atoms with Crippen molar-refractivity contribution in [3.8, 4) is 5.75 Å². The number of halogens is 2. The summed E-state index contributed by atoms with van der Waals surface area (Å²) in [5, 5.41) is 0. The predicted molar refractivity (Wildman–Crippen MR) is 99.0 cm³/mol. The highest BCUT2D eigenvalue weighted by molar-refractivity contribution is 9.11. The van der Waals surface area contributed by atoms with E-state index in [0.717, 1.165) is 9.35 Å². The molecule has 0 N–H and O–H groups in total. The summed E-state index contributed by atoms with van der Waals surface area (Å²) < 4.78 is 46.7. The molecule has 1 aromatic carbocycles. The van der Waals surface area contributed by atoms with Gasteiger partial charge < -0.3 is 4.74 Å². The zero-order valence-electron chi connectivity index (χ0n) is 13.6. The van der Waals surface area contributed by atoms with E-state index >= 15 is 0 Å². The van der Waals surface area contributed by atoms with Gasteiger partial charge in [0.1, 0.15) is 15.8 Å². The molecular formula is C16H18BrFN2O3S2. The number of hydrogen-bond acceptors (Lipinski definition) is 5. The van der Waals surface area contributed by atoms with E-state index in [0.29, 0.717) is 42.7 Å². The van der Waals surface area contributed by atoms with Crippen molar-refractivity contribution in [1.29, 1.82) is 0 Å². The number of thiophene rings is 1. The largest absolute Gasteiger partial charge is 0.496 e. The van der Waals surface area contributed by atoms with Crippen LogP contribution in [0.2, 0.25) is 0 Å². The van der Waals surface area contributed by atoms with E-state index in [-0.39, 0.29) is 5.82 Å². The molecule has 1 saturated heterocycles. The fourth-order valence-electron chi connectivity index (χ4n) is 2.80. The van der Waals surface area contributed by atoms with Crippen molar-refractivity contribution in [2.75, 3.05) is 33.3 Å². The third kappa shape index (κ3) is 4.22. The lowest BCUT2D eigenvalue weighted by atomic mass is 10.1. The zero-order chi connectivity index (χ0) is 18.0. The molecule has 1 aromatic heterocycles. The second-order valence-electron chi connectivity index (χ2n) is 5.69. The van der Waals surface area contributed by atoms with E-state index in [1.165, 1.54) is 27.8 Å². The topological polar surface area (TPSA) is 49.9 Å². The first-order valence-electron chi connectivity index (χ1n) is 7.70. The molecule has 0 unspecified atom stereocenters. The standard InChI is InChI=1S/C16H18BrFN2O3S2/c1-23-14-3-2-13(18)10-12(14)11-19-6-8-20(9-7-19)25(21,22)16-5-4-15(17)24-16/h2-5,10H,6-9,11H2,1H3. The smallest absolute Gasteiger partial charge is 0.252 e. The molecule has 9 heteroatoms. The van der Waals surface area contributed by atoms with Crippen LogP contribution >= 0.6 is 27.3 Å². The fraction of sp³-hybridized carbons (Fsp3) is 0.375. The number of methoxy groups -OCH3 is 1. The van der Waals surface area contributed by atoms with Gasteiger partial charge in [0.25, 0.3) is 10.0 Å². The Kier molecular flexibility index (Phi) is 5.79. The molecule has 1 aliphatic heterocycles. The highest BCUT2D eigenvalue weighted by atomic mass is 79.9. The van der Waals surface area contributed by atoms with Gasteiger partial charge in [0.05, 0.1) is 10.9 Å². The molecule has 1 aliphatic rings. The van der Waals surface area contributed by atoms with Crippen LogP contribution in [0.1, 0.15) is 5.56 Å². The van der Waals surface area contributed by atoms with Gasteiger partial charge in [0, 0.05) is 38.3 Å². The van der Waals surface area contributed by atoms with Crippen molar-refractivity contribution < 1.29 is 17.5 Å². The van der Waals surface area contributed by atoms with Gasteiger partial charge in [0.2, 0.25) is 0 Å². The zero-order valence-corrected chi connectivity index (χ0v) is 16.8. The van der Waals surface area contributed by atoms with E-state index in [4.69, 9.17) is 4.74 Å². The number of nitrogens with zero attached hydrogens (tertiary/aromatic N) is 2. The molecular weight excluding hydrogens is 431 g/mol. The Bertz CT molecular complexity index is 849. The number of benzene rings is 1. The highest BCUT2D eigenvalue weighted by Crippen LogP contribution is 2.29. The summed E-state index contributed by atoms with van der Waals surface area (Å²) in [6.07, 6.45) is 0. The Hall–Kier alpha value is -1.000. The van der Waals surface area contributed by atoms with Crippen LogP contribution in [0.5, 0.6) is 5.75 Å². The van der Waals surface area contributed by atoms with E-state index < -0.39 is 10.0 Å². The average molecular weight is 449 g/mol. The van der Waals surface area contributed by atoms with Crippen LogP contribution in [0.4, 0.5) is 4.39 Å². The molecule has 25 heavy (non-hydrogen) atoms. The first-order chi connectivity index (χ1) is 11.9. The van der Waals surface area contributed by atoms with E-state index in [2.05, 4.69) is 20.8 Å². The van der Waals surface area contributed by atoms with Crippen molar-refractivity contribution in [3.63, 3.8) is 0 Å². The minimum atomic E-state index is -3.45. The normalized spacial score (nSPS) is 16.9. The number of rotatable bonds is 5. The van der Waals surface area contributed by atoms with Gasteiger partial charge in [-0.2, -0.15) is 4.31 Å². The third-order valence-corrected chi connectivity index (χ3v) is 8.10. The van der Waals surface area contributed by atoms with Gasteiger partial charge in [-0.05, 0) is 46.3 Å². The summed E-state index contributed by atoms with van der Waals surface area (Å²) in [5.74, 6) is 0.333. The number of sulfonamides is 1. The van der Waals surface area contributed by atoms with Crippen LogP contribution in [-0.4, -0.2) is 50.9 Å². The fourth-order valence-corrected chi connectivity index (χ4v) is 6.39. The second-order valence-corrected chi connectivity index (χ2v) is 10.3. The number of piperazine rings is 1. The third-order valence-electron chi connectivity index (χ3n) is 4.11. The van der Waals surface area contributed by atoms with Crippen LogP contribution in [-0.2, 0) is 16.6 Å². The molecule has 0 saturated carbocycles. The monoisotopic (exact) mass is 448 g/mol. The Labute approximate surface area is 159 Å². The van der Waals surface area contributed by atoms with E-state index in [1.54, 1.807) is 25.3 Å². The van der Waals surface area contributed by atoms with Crippen molar-refractivity contribution in [2.45, 2.75) is 10.8 Å². The Morgan fingerprint density at radius 2 is 1.92 bits per heavy atom. The summed E-state index contributed by atoms with van der Waals surface area (Å²) in [6.45, 7) is 2.53. The lowest BCUT2D eigenvalue weighted by molar-refractivity contribution is 0.180. The van der Waals surface area contributed by atoms with Crippen molar-refractivity contribution in [2.24, 2.45) is 0 Å². The van der Waals surface area contributed by atoms with Gasteiger partial charge in [0.15, 0.2) is 0 Å². The molecule has 1 fully saturated rings. The van der Waals surface area contributed by atoms with Crippen molar-refractivity contribution >= 4 is 37.3 Å². The molecule has 0 spiro atoms. The molecule has 0 amide bonds. The van der Waals surface area contributed by atoms with Crippen molar-refractivity contribution in [3.05, 3.63) is 45.5 Å². The lowest BCUT2D eigenvalue weighted by Gasteiger charge is -2.33. The van der Waals surface area contributed by atoms with E-state index in [1.807, 2.05) is 0 Å². The van der Waals surface area contributed by atoms with Crippen LogP contribution in [0.15, 0.2) is 38.3 Å². The molecule has 5 nitrogen and oxygen atoms in total. The first kappa shape index (κ1) is 18.8. The Morgan fingerprint density at radius 3 is 2.52 bits per heavy atom. The van der Waals surface area contributed by atoms with Crippen LogP contribution in [0.25, 0.3) is 0 Å². The Balaban J connectivity index is 1.65. The van der Waals surface area contributed by atoms with Gasteiger partial charge in [-0.1, -0.05) is 0 Å². The molecule has 0 atom stereocenters.